The topological polar surface area (TPSA) is 78.4 Å². The predicted molar refractivity (Wildman–Crippen MR) is 60.0 cm³/mol. The molecular formula is C11H14N2O3. The molecule has 0 aliphatic carbocycles. The van der Waals surface area contributed by atoms with Gasteiger partial charge in [-0.3, -0.25) is 9.59 Å². The fourth-order valence-corrected chi connectivity index (χ4v) is 1.06. The summed E-state index contributed by atoms with van der Waals surface area (Å²) in [6.45, 7) is 3.54. The number of anilines is 1. The highest BCUT2D eigenvalue weighted by Gasteiger charge is 2.13. The largest absolute Gasteiger partial charge is 0.508 e. The predicted octanol–water partition coefficient (Wildman–Crippen LogP) is 0.855. The molecular weight excluding hydrogens is 208 g/mol. The summed E-state index contributed by atoms with van der Waals surface area (Å²) in [5.74, 6) is -1.30. The maximum Gasteiger partial charge on any atom is 0.313 e. The van der Waals surface area contributed by atoms with Crippen molar-refractivity contribution in [3.63, 3.8) is 0 Å². The van der Waals surface area contributed by atoms with Crippen LogP contribution in [-0.2, 0) is 9.59 Å². The molecule has 0 atom stereocenters. The lowest BCUT2D eigenvalue weighted by Gasteiger charge is -2.08. The average Bonchev–Trinajstić information content (AvgIpc) is 2.20. The van der Waals surface area contributed by atoms with Crippen molar-refractivity contribution in [2.75, 3.05) is 5.32 Å². The zero-order chi connectivity index (χ0) is 12.1. The Labute approximate surface area is 93.5 Å². The van der Waals surface area contributed by atoms with Crippen LogP contribution < -0.4 is 10.6 Å². The van der Waals surface area contributed by atoms with Crippen LogP contribution in [0.5, 0.6) is 5.75 Å². The van der Waals surface area contributed by atoms with Crippen LogP contribution in [0.1, 0.15) is 13.8 Å². The first-order chi connectivity index (χ1) is 7.49. The summed E-state index contributed by atoms with van der Waals surface area (Å²) in [5.41, 5.74) is 0.460. The fourth-order valence-electron chi connectivity index (χ4n) is 1.06. The Morgan fingerprint density at radius 3 is 2.19 bits per heavy atom. The number of carbonyl (C=O) groups excluding carboxylic acids is 2. The summed E-state index contributed by atoms with van der Waals surface area (Å²) >= 11 is 0. The SMILES string of the molecule is CC(C)NC(=O)C(=O)Nc1ccc(O)cc1. The molecule has 0 aliphatic heterocycles. The third kappa shape index (κ3) is 3.61. The lowest BCUT2D eigenvalue weighted by Crippen LogP contribution is -2.39. The smallest absolute Gasteiger partial charge is 0.313 e. The Morgan fingerprint density at radius 1 is 1.12 bits per heavy atom. The molecule has 5 nitrogen and oxygen atoms in total. The van der Waals surface area contributed by atoms with Crippen LogP contribution in [0, 0.1) is 0 Å². The lowest BCUT2D eigenvalue weighted by atomic mass is 10.3. The molecule has 2 amide bonds. The Hall–Kier alpha value is -2.04. The van der Waals surface area contributed by atoms with Gasteiger partial charge >= 0.3 is 11.8 Å². The van der Waals surface area contributed by atoms with E-state index in [0.29, 0.717) is 5.69 Å². The molecule has 0 aromatic heterocycles. The maximum absolute atomic E-state index is 11.3. The fraction of sp³-hybridized carbons (Fsp3) is 0.273. The molecule has 0 unspecified atom stereocenters. The average molecular weight is 222 g/mol. The third-order valence-corrected chi connectivity index (χ3v) is 1.75. The normalized spacial score (nSPS) is 9.94. The van der Waals surface area contributed by atoms with Crippen molar-refractivity contribution in [1.29, 1.82) is 0 Å². The Morgan fingerprint density at radius 2 is 1.69 bits per heavy atom. The number of phenols is 1. The lowest BCUT2D eigenvalue weighted by molar-refractivity contribution is -0.136. The number of hydrogen-bond acceptors (Lipinski definition) is 3. The van der Waals surface area contributed by atoms with E-state index in [-0.39, 0.29) is 11.8 Å². The maximum atomic E-state index is 11.3. The molecule has 5 heteroatoms. The molecule has 0 saturated heterocycles. The first-order valence-corrected chi connectivity index (χ1v) is 4.90. The van der Waals surface area contributed by atoms with E-state index in [4.69, 9.17) is 5.11 Å². The van der Waals surface area contributed by atoms with Gasteiger partial charge in [0.1, 0.15) is 5.75 Å². The molecule has 0 fully saturated rings. The van der Waals surface area contributed by atoms with E-state index in [1.807, 2.05) is 0 Å². The van der Waals surface area contributed by atoms with Gasteiger partial charge in [-0.25, -0.2) is 0 Å². The van der Waals surface area contributed by atoms with E-state index in [1.54, 1.807) is 13.8 Å². The molecule has 0 aliphatic rings. The number of amides is 2. The van der Waals surface area contributed by atoms with Crippen LogP contribution in [-0.4, -0.2) is 23.0 Å². The Kier molecular flexibility index (Phi) is 3.88. The van der Waals surface area contributed by atoms with Crippen LogP contribution in [0.15, 0.2) is 24.3 Å². The number of phenolic OH excluding ortho intramolecular Hbond substituents is 1. The zero-order valence-corrected chi connectivity index (χ0v) is 9.15. The van der Waals surface area contributed by atoms with Crippen molar-refractivity contribution in [3.05, 3.63) is 24.3 Å². The van der Waals surface area contributed by atoms with Crippen molar-refractivity contribution < 1.29 is 14.7 Å². The highest BCUT2D eigenvalue weighted by Crippen LogP contribution is 2.13. The summed E-state index contributed by atoms with van der Waals surface area (Å²) in [6.07, 6.45) is 0. The van der Waals surface area contributed by atoms with Crippen molar-refractivity contribution in [2.24, 2.45) is 0 Å². The molecule has 1 aromatic rings. The van der Waals surface area contributed by atoms with Gasteiger partial charge in [0.15, 0.2) is 0 Å². The second-order valence-electron chi connectivity index (χ2n) is 3.63. The van der Waals surface area contributed by atoms with E-state index in [0.717, 1.165) is 0 Å². The molecule has 0 spiro atoms. The Bertz CT molecular complexity index is 385. The number of rotatable bonds is 2. The molecule has 1 aromatic carbocycles. The van der Waals surface area contributed by atoms with E-state index in [2.05, 4.69) is 10.6 Å². The molecule has 16 heavy (non-hydrogen) atoms. The van der Waals surface area contributed by atoms with Gasteiger partial charge < -0.3 is 15.7 Å². The first kappa shape index (κ1) is 12.0. The molecule has 0 saturated carbocycles. The molecule has 0 heterocycles. The summed E-state index contributed by atoms with van der Waals surface area (Å²) in [5, 5.41) is 13.9. The van der Waals surface area contributed by atoms with Gasteiger partial charge in [0.25, 0.3) is 0 Å². The Balaban J connectivity index is 2.57. The minimum absolute atomic E-state index is 0.0851. The summed E-state index contributed by atoms with van der Waals surface area (Å²) in [4.78, 5) is 22.6. The quantitative estimate of drug-likeness (QED) is 0.513. The van der Waals surface area contributed by atoms with E-state index >= 15 is 0 Å². The van der Waals surface area contributed by atoms with Gasteiger partial charge in [-0.1, -0.05) is 0 Å². The monoisotopic (exact) mass is 222 g/mol. The van der Waals surface area contributed by atoms with Gasteiger partial charge in [0.05, 0.1) is 0 Å². The van der Waals surface area contributed by atoms with E-state index in [9.17, 15) is 9.59 Å². The first-order valence-electron chi connectivity index (χ1n) is 4.90. The van der Waals surface area contributed by atoms with Crippen LogP contribution in [0.3, 0.4) is 0 Å². The van der Waals surface area contributed by atoms with E-state index < -0.39 is 11.8 Å². The third-order valence-electron chi connectivity index (χ3n) is 1.75. The number of carbonyl (C=O) groups is 2. The van der Waals surface area contributed by atoms with Gasteiger partial charge in [-0.2, -0.15) is 0 Å². The summed E-state index contributed by atoms with van der Waals surface area (Å²) in [7, 11) is 0. The highest BCUT2D eigenvalue weighted by molar-refractivity contribution is 6.39. The summed E-state index contributed by atoms with van der Waals surface area (Å²) < 4.78 is 0. The number of nitrogens with one attached hydrogen (secondary N) is 2. The molecule has 86 valence electrons. The van der Waals surface area contributed by atoms with Gasteiger partial charge in [0, 0.05) is 11.7 Å². The molecule has 0 radical (unpaired) electrons. The van der Waals surface area contributed by atoms with Crippen LogP contribution in [0.2, 0.25) is 0 Å². The highest BCUT2D eigenvalue weighted by atomic mass is 16.3. The van der Waals surface area contributed by atoms with E-state index in [1.165, 1.54) is 24.3 Å². The molecule has 1 rings (SSSR count). The van der Waals surface area contributed by atoms with Crippen molar-refractivity contribution in [3.8, 4) is 5.75 Å². The van der Waals surface area contributed by atoms with Crippen LogP contribution in [0.25, 0.3) is 0 Å². The minimum Gasteiger partial charge on any atom is -0.508 e. The number of aromatic hydroxyl groups is 1. The van der Waals surface area contributed by atoms with Crippen molar-refractivity contribution in [1.82, 2.24) is 5.32 Å². The second-order valence-corrected chi connectivity index (χ2v) is 3.63. The van der Waals surface area contributed by atoms with Crippen molar-refractivity contribution in [2.45, 2.75) is 19.9 Å². The standard InChI is InChI=1S/C11H14N2O3/c1-7(2)12-10(15)11(16)13-8-3-5-9(14)6-4-8/h3-7,14H,1-2H3,(H,12,15)(H,13,16). The minimum atomic E-state index is -0.723. The second kappa shape index (κ2) is 5.16. The van der Waals surface area contributed by atoms with Crippen LogP contribution >= 0.6 is 0 Å². The van der Waals surface area contributed by atoms with Crippen molar-refractivity contribution >= 4 is 17.5 Å². The zero-order valence-electron chi connectivity index (χ0n) is 9.15. The number of hydrogen-bond donors (Lipinski definition) is 3. The summed E-state index contributed by atoms with van der Waals surface area (Å²) in [6, 6.07) is 5.79. The van der Waals surface area contributed by atoms with Gasteiger partial charge in [-0.05, 0) is 38.1 Å². The number of benzene rings is 1. The van der Waals surface area contributed by atoms with Gasteiger partial charge in [0.2, 0.25) is 0 Å². The molecule has 0 bridgehead atoms. The van der Waals surface area contributed by atoms with Crippen LogP contribution in [0.4, 0.5) is 5.69 Å². The van der Waals surface area contributed by atoms with Gasteiger partial charge in [-0.15, -0.1) is 0 Å². The molecule has 3 N–H and O–H groups in total.